The lowest BCUT2D eigenvalue weighted by Crippen LogP contribution is -2.15. The summed E-state index contributed by atoms with van der Waals surface area (Å²) in [6.45, 7) is 0. The number of hydrogen-bond donors (Lipinski definition) is 0. The lowest BCUT2D eigenvalue weighted by Gasteiger charge is -2.13. The zero-order valence-corrected chi connectivity index (χ0v) is 11.3. The van der Waals surface area contributed by atoms with Crippen molar-refractivity contribution in [2.24, 2.45) is 0 Å². The summed E-state index contributed by atoms with van der Waals surface area (Å²) in [5.41, 5.74) is 1.08. The Kier molecular flexibility index (Phi) is 2.80. The summed E-state index contributed by atoms with van der Waals surface area (Å²) in [4.78, 5) is 4.19. The first-order valence-corrected chi connectivity index (χ1v) is 7.34. The van der Waals surface area contributed by atoms with Crippen LogP contribution in [0, 0.1) is 0 Å². The first-order chi connectivity index (χ1) is 9.10. The van der Waals surface area contributed by atoms with Crippen molar-refractivity contribution in [2.75, 3.05) is 0 Å². The van der Waals surface area contributed by atoms with E-state index in [0.717, 1.165) is 0 Å². The molecule has 2 aliphatic heterocycles. The molecule has 1 aromatic rings. The van der Waals surface area contributed by atoms with E-state index < -0.39 is 10.0 Å². The Morgan fingerprint density at radius 2 is 1.79 bits per heavy atom. The van der Waals surface area contributed by atoms with E-state index >= 15 is 0 Å². The highest BCUT2D eigenvalue weighted by Crippen LogP contribution is 2.31. The molecule has 3 rings (SSSR count). The van der Waals surface area contributed by atoms with E-state index in [1.54, 1.807) is 42.6 Å². The summed E-state index contributed by atoms with van der Waals surface area (Å²) < 4.78 is 26.3. The number of nitrogens with zero attached hydrogens (tertiary/aromatic N) is 2. The first kappa shape index (κ1) is 12.2. The van der Waals surface area contributed by atoms with Crippen LogP contribution in [0.5, 0.6) is 0 Å². The Hall–Kier alpha value is -1.85. The summed E-state index contributed by atoms with van der Waals surface area (Å²) in [7, 11) is -3.63. The molecule has 0 N–H and O–H groups in total. The van der Waals surface area contributed by atoms with Gasteiger partial charge in [-0.2, -0.15) is 0 Å². The molecule has 0 saturated heterocycles. The average molecular weight is 293 g/mol. The molecule has 0 radical (unpaired) electrons. The maximum absolute atomic E-state index is 12.5. The van der Waals surface area contributed by atoms with Crippen LogP contribution >= 0.6 is 11.6 Å². The highest BCUT2D eigenvalue weighted by atomic mass is 35.5. The van der Waals surface area contributed by atoms with Crippen LogP contribution in [-0.2, 0) is 10.0 Å². The van der Waals surface area contributed by atoms with E-state index in [2.05, 4.69) is 4.98 Å². The van der Waals surface area contributed by atoms with Crippen LogP contribution in [0.1, 0.15) is 0 Å². The van der Waals surface area contributed by atoms with E-state index in [4.69, 9.17) is 11.6 Å². The number of rotatable bonds is 2. The smallest absolute Gasteiger partial charge is 0.262 e. The fraction of sp³-hybridized carbons (Fsp3) is 0. The normalized spacial score (nSPS) is 11.8. The molecule has 0 amide bonds. The SMILES string of the molecule is O=S(=O)(c1ccccc1)n1ccc(Cl)c2cncc1-2. The number of hydrogen-bond acceptors (Lipinski definition) is 3. The van der Waals surface area contributed by atoms with Crippen LogP contribution in [0.15, 0.2) is 59.9 Å². The highest BCUT2D eigenvalue weighted by Gasteiger charge is 2.22. The van der Waals surface area contributed by atoms with Gasteiger partial charge in [-0.05, 0) is 18.2 Å². The second-order valence-corrected chi connectivity index (χ2v) is 6.21. The van der Waals surface area contributed by atoms with Crippen LogP contribution in [0.2, 0.25) is 5.02 Å². The fourth-order valence-electron chi connectivity index (χ4n) is 1.90. The minimum atomic E-state index is -3.63. The lowest BCUT2D eigenvalue weighted by molar-refractivity contribution is 0.587. The number of fused-ring (bicyclic) bond motifs is 1. The van der Waals surface area contributed by atoms with Gasteiger partial charge in [0.15, 0.2) is 0 Å². The Balaban J connectivity index is 2.26. The summed E-state index contributed by atoms with van der Waals surface area (Å²) in [5.74, 6) is 0. The second-order valence-electron chi connectivity index (χ2n) is 3.98. The summed E-state index contributed by atoms with van der Waals surface area (Å²) >= 11 is 6.02. The van der Waals surface area contributed by atoms with Crippen LogP contribution < -0.4 is 0 Å². The third kappa shape index (κ3) is 1.91. The summed E-state index contributed by atoms with van der Waals surface area (Å²) in [5, 5.41) is 0.479. The number of benzene rings is 1. The molecule has 0 spiro atoms. The predicted octanol–water partition coefficient (Wildman–Crippen LogP) is 2.88. The molecule has 4 nitrogen and oxygen atoms in total. The molecule has 0 unspecified atom stereocenters. The second kappa shape index (κ2) is 4.36. The standard InChI is InChI=1S/C13H9ClN2O2S/c14-12-6-7-16(13-9-15-8-11(12)13)19(17,18)10-4-2-1-3-5-10/h1-9H. The van der Waals surface area contributed by atoms with Crippen LogP contribution in [-0.4, -0.2) is 17.4 Å². The van der Waals surface area contributed by atoms with Gasteiger partial charge in [-0.1, -0.05) is 29.8 Å². The van der Waals surface area contributed by atoms with E-state index in [9.17, 15) is 8.42 Å². The minimum absolute atomic E-state index is 0.227. The predicted molar refractivity (Wildman–Crippen MR) is 72.9 cm³/mol. The first-order valence-electron chi connectivity index (χ1n) is 5.52. The Morgan fingerprint density at radius 1 is 1.05 bits per heavy atom. The molecule has 0 aromatic heterocycles. The number of pyridine rings is 1. The zero-order valence-electron chi connectivity index (χ0n) is 9.69. The van der Waals surface area contributed by atoms with Crippen molar-refractivity contribution >= 4 is 21.6 Å². The van der Waals surface area contributed by atoms with Gasteiger partial charge in [0.1, 0.15) is 0 Å². The summed E-state index contributed by atoms with van der Waals surface area (Å²) in [6.07, 6.45) is 4.48. The van der Waals surface area contributed by atoms with Gasteiger partial charge in [0, 0.05) is 18.0 Å². The molecule has 0 saturated carbocycles. The van der Waals surface area contributed by atoms with Gasteiger partial charge >= 0.3 is 0 Å². The largest absolute Gasteiger partial charge is 0.268 e. The molecule has 19 heavy (non-hydrogen) atoms. The van der Waals surface area contributed by atoms with E-state index in [1.165, 1.54) is 16.4 Å². The van der Waals surface area contributed by atoms with Crippen LogP contribution in [0.25, 0.3) is 11.3 Å². The van der Waals surface area contributed by atoms with Crippen molar-refractivity contribution in [2.45, 2.75) is 4.90 Å². The van der Waals surface area contributed by atoms with Gasteiger partial charge in [0.2, 0.25) is 0 Å². The van der Waals surface area contributed by atoms with Crippen molar-refractivity contribution in [3.8, 4) is 11.3 Å². The van der Waals surface area contributed by atoms with Crippen molar-refractivity contribution in [1.82, 2.24) is 8.96 Å². The maximum atomic E-state index is 12.5. The highest BCUT2D eigenvalue weighted by molar-refractivity contribution is 7.90. The van der Waals surface area contributed by atoms with Crippen LogP contribution in [0.4, 0.5) is 0 Å². The van der Waals surface area contributed by atoms with Crippen LogP contribution in [0.3, 0.4) is 0 Å². The quantitative estimate of drug-likeness (QED) is 0.730. The molecular weight excluding hydrogens is 284 g/mol. The van der Waals surface area contributed by atoms with Crippen molar-refractivity contribution < 1.29 is 8.42 Å². The molecule has 2 aliphatic rings. The molecular formula is C13H9ClN2O2S. The molecule has 1 aromatic carbocycles. The number of aromatic nitrogens is 2. The Bertz CT molecular complexity index is 797. The molecule has 0 aliphatic carbocycles. The minimum Gasteiger partial charge on any atom is -0.262 e. The third-order valence-electron chi connectivity index (χ3n) is 2.83. The van der Waals surface area contributed by atoms with Crippen molar-refractivity contribution in [1.29, 1.82) is 0 Å². The lowest BCUT2D eigenvalue weighted by atomic mass is 10.2. The average Bonchev–Trinajstić information content (AvgIpc) is 2.90. The maximum Gasteiger partial charge on any atom is 0.268 e. The summed E-state index contributed by atoms with van der Waals surface area (Å²) in [6, 6.07) is 9.79. The zero-order chi connectivity index (χ0) is 13.5. The van der Waals surface area contributed by atoms with Gasteiger partial charge in [0.25, 0.3) is 10.0 Å². The monoisotopic (exact) mass is 292 g/mol. The van der Waals surface area contributed by atoms with Gasteiger partial charge < -0.3 is 0 Å². The van der Waals surface area contributed by atoms with E-state index in [0.29, 0.717) is 16.3 Å². The Labute approximate surface area is 115 Å². The Morgan fingerprint density at radius 3 is 2.53 bits per heavy atom. The molecule has 0 atom stereocenters. The molecule has 0 fully saturated rings. The molecule has 2 heterocycles. The fourth-order valence-corrected chi connectivity index (χ4v) is 3.45. The van der Waals surface area contributed by atoms with Gasteiger partial charge in [-0.15, -0.1) is 0 Å². The third-order valence-corrected chi connectivity index (χ3v) is 4.86. The van der Waals surface area contributed by atoms with Crippen molar-refractivity contribution in [3.63, 3.8) is 0 Å². The molecule has 0 bridgehead atoms. The number of halogens is 1. The van der Waals surface area contributed by atoms with Gasteiger partial charge in [-0.25, -0.2) is 12.4 Å². The van der Waals surface area contributed by atoms with Gasteiger partial charge in [0.05, 0.1) is 21.8 Å². The van der Waals surface area contributed by atoms with Gasteiger partial charge in [-0.3, -0.25) is 4.98 Å². The topological polar surface area (TPSA) is 52.0 Å². The van der Waals surface area contributed by atoms with Crippen molar-refractivity contribution in [3.05, 3.63) is 60.0 Å². The van der Waals surface area contributed by atoms with E-state index in [1.807, 2.05) is 0 Å². The molecule has 96 valence electrons. The van der Waals surface area contributed by atoms with E-state index in [-0.39, 0.29) is 4.90 Å². The molecule has 6 heteroatoms.